The van der Waals surface area contributed by atoms with Crippen LogP contribution >= 0.6 is 0 Å². The fourth-order valence-corrected chi connectivity index (χ4v) is 1.91. The van der Waals surface area contributed by atoms with Crippen LogP contribution in [0.4, 0.5) is 4.39 Å². The molecule has 21 heavy (non-hydrogen) atoms. The topological polar surface area (TPSA) is 42.0 Å². The van der Waals surface area contributed by atoms with Crippen molar-refractivity contribution in [2.75, 3.05) is 7.05 Å². The van der Waals surface area contributed by atoms with Crippen LogP contribution < -0.4 is 5.32 Å². The molecule has 0 bridgehead atoms. The van der Waals surface area contributed by atoms with Crippen LogP contribution in [0.2, 0.25) is 0 Å². The van der Waals surface area contributed by atoms with Gasteiger partial charge in [-0.1, -0.05) is 24.1 Å². The summed E-state index contributed by atoms with van der Waals surface area (Å²) in [6, 6.07) is 11.4. The molecule has 0 aliphatic rings. The summed E-state index contributed by atoms with van der Waals surface area (Å²) < 4.78 is 13.0. The van der Waals surface area contributed by atoms with Gasteiger partial charge < -0.3 is 5.32 Å². The molecule has 1 heterocycles. The highest BCUT2D eigenvalue weighted by molar-refractivity contribution is 5.83. The van der Waals surface area contributed by atoms with Crippen LogP contribution in [0.5, 0.6) is 0 Å². The van der Waals surface area contributed by atoms with Gasteiger partial charge in [-0.25, -0.2) is 9.37 Å². The summed E-state index contributed by atoms with van der Waals surface area (Å²) in [6.07, 6.45) is 2.02. The van der Waals surface area contributed by atoms with Gasteiger partial charge in [-0.05, 0) is 35.7 Å². The number of hydrogen-bond acceptors (Lipinski definition) is 2. The molecule has 0 aliphatic heterocycles. The van der Waals surface area contributed by atoms with Gasteiger partial charge in [0.1, 0.15) is 11.5 Å². The number of nitrogens with one attached hydrogen (secondary N) is 1. The Hall–Kier alpha value is -2.67. The Labute approximate surface area is 123 Å². The van der Waals surface area contributed by atoms with Crippen molar-refractivity contribution in [3.63, 3.8) is 0 Å². The van der Waals surface area contributed by atoms with Gasteiger partial charge in [-0.3, -0.25) is 4.79 Å². The Morgan fingerprint density at radius 3 is 2.67 bits per heavy atom. The Bertz CT molecular complexity index is 657. The lowest BCUT2D eigenvalue weighted by atomic mass is 9.95. The van der Waals surface area contributed by atoms with Crippen molar-refractivity contribution in [3.8, 4) is 11.8 Å². The van der Waals surface area contributed by atoms with Gasteiger partial charge in [0.25, 0.3) is 0 Å². The highest BCUT2D eigenvalue weighted by atomic mass is 19.1. The van der Waals surface area contributed by atoms with E-state index < -0.39 is 5.92 Å². The first-order chi connectivity index (χ1) is 10.2. The number of hydrogen-bond donors (Lipinski definition) is 1. The lowest BCUT2D eigenvalue weighted by Crippen LogP contribution is -2.25. The summed E-state index contributed by atoms with van der Waals surface area (Å²) in [5.41, 5.74) is 1.40. The van der Waals surface area contributed by atoms with Gasteiger partial charge in [-0.15, -0.1) is 0 Å². The summed E-state index contributed by atoms with van der Waals surface area (Å²) in [7, 11) is 1.57. The second-order valence-electron chi connectivity index (χ2n) is 4.44. The summed E-state index contributed by atoms with van der Waals surface area (Å²) in [4.78, 5) is 16.1. The van der Waals surface area contributed by atoms with E-state index in [4.69, 9.17) is 0 Å². The molecular weight excluding hydrogens is 267 g/mol. The molecule has 1 atom stereocenters. The minimum absolute atomic E-state index is 0.142. The van der Waals surface area contributed by atoms with Crippen molar-refractivity contribution in [2.45, 2.75) is 12.3 Å². The van der Waals surface area contributed by atoms with Gasteiger partial charge in [0.2, 0.25) is 5.91 Å². The van der Waals surface area contributed by atoms with E-state index in [0.29, 0.717) is 12.1 Å². The summed E-state index contributed by atoms with van der Waals surface area (Å²) in [5, 5.41) is 2.61. The van der Waals surface area contributed by atoms with E-state index >= 15 is 0 Å². The normalized spacial score (nSPS) is 11.1. The molecule has 3 nitrogen and oxygen atoms in total. The Kier molecular flexibility index (Phi) is 5.05. The summed E-state index contributed by atoms with van der Waals surface area (Å²) in [5.74, 6) is 4.99. The number of benzene rings is 1. The van der Waals surface area contributed by atoms with E-state index in [1.54, 1.807) is 31.4 Å². The molecule has 0 spiro atoms. The highest BCUT2D eigenvalue weighted by Gasteiger charge is 2.18. The summed E-state index contributed by atoms with van der Waals surface area (Å²) >= 11 is 0. The number of likely N-dealkylation sites (N-methyl/N-ethyl adjacent to an activating group) is 1. The van der Waals surface area contributed by atoms with Crippen LogP contribution in [0.25, 0.3) is 0 Å². The predicted octanol–water partition coefficient (Wildman–Crippen LogP) is 2.49. The Morgan fingerprint density at radius 2 is 2.05 bits per heavy atom. The maximum atomic E-state index is 13.0. The smallest absolute Gasteiger partial charge is 0.228 e. The second-order valence-corrected chi connectivity index (χ2v) is 4.44. The van der Waals surface area contributed by atoms with E-state index in [9.17, 15) is 9.18 Å². The zero-order valence-corrected chi connectivity index (χ0v) is 11.6. The molecule has 0 aliphatic carbocycles. The predicted molar refractivity (Wildman–Crippen MR) is 78.9 cm³/mol. The third-order valence-corrected chi connectivity index (χ3v) is 3.02. The Morgan fingerprint density at radius 1 is 1.29 bits per heavy atom. The van der Waals surface area contributed by atoms with Crippen LogP contribution in [-0.4, -0.2) is 17.9 Å². The molecule has 4 heteroatoms. The molecule has 1 N–H and O–H groups in total. The molecule has 0 saturated carbocycles. The quantitative estimate of drug-likeness (QED) is 0.879. The SMILES string of the molecule is CNC(=O)C(CC#Cc1ccccn1)c1ccc(F)cc1. The molecule has 0 saturated heterocycles. The van der Waals surface area contributed by atoms with E-state index in [2.05, 4.69) is 22.1 Å². The maximum absolute atomic E-state index is 13.0. The molecular formula is C17H15FN2O. The van der Waals surface area contributed by atoms with Crippen molar-refractivity contribution >= 4 is 5.91 Å². The van der Waals surface area contributed by atoms with Crippen LogP contribution in [0.1, 0.15) is 23.6 Å². The molecule has 2 aromatic rings. The Balaban J connectivity index is 2.16. The van der Waals surface area contributed by atoms with Crippen LogP contribution in [-0.2, 0) is 4.79 Å². The fraction of sp³-hybridized carbons (Fsp3) is 0.176. The molecule has 0 fully saturated rings. The fourth-order valence-electron chi connectivity index (χ4n) is 1.91. The lowest BCUT2D eigenvalue weighted by Gasteiger charge is -2.12. The highest BCUT2D eigenvalue weighted by Crippen LogP contribution is 2.20. The number of rotatable bonds is 3. The molecule has 1 aromatic heterocycles. The molecule has 1 aromatic carbocycles. The number of pyridine rings is 1. The molecule has 0 radical (unpaired) electrons. The van der Waals surface area contributed by atoms with Crippen molar-refractivity contribution in [1.82, 2.24) is 10.3 Å². The maximum Gasteiger partial charge on any atom is 0.228 e. The van der Waals surface area contributed by atoms with Crippen LogP contribution in [0.15, 0.2) is 48.7 Å². The van der Waals surface area contributed by atoms with E-state index in [1.807, 2.05) is 12.1 Å². The first-order valence-corrected chi connectivity index (χ1v) is 6.57. The summed E-state index contributed by atoms with van der Waals surface area (Å²) in [6.45, 7) is 0. The second kappa shape index (κ2) is 7.20. The van der Waals surface area contributed by atoms with E-state index in [1.165, 1.54) is 12.1 Å². The first kappa shape index (κ1) is 14.7. The number of nitrogens with zero attached hydrogens (tertiary/aromatic N) is 1. The van der Waals surface area contributed by atoms with Gasteiger partial charge in [0, 0.05) is 19.7 Å². The third kappa shape index (κ3) is 4.15. The largest absolute Gasteiger partial charge is 0.359 e. The van der Waals surface area contributed by atoms with Gasteiger partial charge in [0.05, 0.1) is 5.92 Å². The van der Waals surface area contributed by atoms with Crippen molar-refractivity contribution in [1.29, 1.82) is 0 Å². The van der Waals surface area contributed by atoms with Crippen LogP contribution in [0, 0.1) is 17.7 Å². The number of aromatic nitrogens is 1. The average molecular weight is 282 g/mol. The van der Waals surface area contributed by atoms with Gasteiger partial charge >= 0.3 is 0 Å². The van der Waals surface area contributed by atoms with Crippen molar-refractivity contribution in [3.05, 3.63) is 65.7 Å². The molecule has 1 unspecified atom stereocenters. The third-order valence-electron chi connectivity index (χ3n) is 3.02. The zero-order chi connectivity index (χ0) is 15.1. The average Bonchev–Trinajstić information content (AvgIpc) is 2.53. The van der Waals surface area contributed by atoms with E-state index in [-0.39, 0.29) is 11.7 Å². The zero-order valence-electron chi connectivity index (χ0n) is 11.6. The monoisotopic (exact) mass is 282 g/mol. The van der Waals surface area contributed by atoms with Gasteiger partial charge in [-0.2, -0.15) is 0 Å². The minimum Gasteiger partial charge on any atom is -0.359 e. The molecule has 1 amide bonds. The number of amides is 1. The van der Waals surface area contributed by atoms with Gasteiger partial charge in [0.15, 0.2) is 0 Å². The number of carbonyl (C=O) groups excluding carboxylic acids is 1. The van der Waals surface area contributed by atoms with Crippen molar-refractivity contribution in [2.24, 2.45) is 0 Å². The van der Waals surface area contributed by atoms with Crippen molar-refractivity contribution < 1.29 is 9.18 Å². The number of halogens is 1. The van der Waals surface area contributed by atoms with E-state index in [0.717, 1.165) is 5.56 Å². The van der Waals surface area contributed by atoms with Crippen LogP contribution in [0.3, 0.4) is 0 Å². The number of carbonyl (C=O) groups is 1. The lowest BCUT2D eigenvalue weighted by molar-refractivity contribution is -0.122. The molecule has 106 valence electrons. The standard InChI is InChI=1S/C17H15FN2O/c1-19-17(21)16(13-8-10-14(18)11-9-13)7-4-6-15-5-2-3-12-20-15/h2-3,5,8-12,16H,7H2,1H3,(H,19,21). The molecule has 2 rings (SSSR count). The first-order valence-electron chi connectivity index (χ1n) is 6.57. The minimum atomic E-state index is -0.424.